The van der Waals surface area contributed by atoms with E-state index in [0.717, 1.165) is 31.4 Å². The minimum absolute atomic E-state index is 0.00634. The molecular formula is C16H28N2O2S. The van der Waals surface area contributed by atoms with Crippen LogP contribution in [-0.2, 0) is 9.59 Å². The van der Waals surface area contributed by atoms with Gasteiger partial charge in [-0.1, -0.05) is 20.8 Å². The Morgan fingerprint density at radius 3 is 2.67 bits per heavy atom. The summed E-state index contributed by atoms with van der Waals surface area (Å²) in [5.41, 5.74) is 0. The summed E-state index contributed by atoms with van der Waals surface area (Å²) in [6, 6.07) is -0.403. The molecule has 2 fully saturated rings. The number of hydrogen-bond donors (Lipinski definition) is 1. The minimum atomic E-state index is -0.327. The van der Waals surface area contributed by atoms with E-state index >= 15 is 0 Å². The lowest BCUT2D eigenvalue weighted by atomic mass is 9.97. The lowest BCUT2D eigenvalue weighted by molar-refractivity contribution is -0.151. The quantitative estimate of drug-likeness (QED) is 0.848. The SMILES string of the molecule is CCSC1CCC(N2C(=O)C(CC(C)C)NC(=O)C2C)C1. The van der Waals surface area contributed by atoms with Gasteiger partial charge in [-0.15, -0.1) is 0 Å². The fourth-order valence-corrected chi connectivity index (χ4v) is 4.67. The van der Waals surface area contributed by atoms with Crippen molar-refractivity contribution < 1.29 is 9.59 Å². The van der Waals surface area contributed by atoms with Gasteiger partial charge in [0.2, 0.25) is 11.8 Å². The van der Waals surface area contributed by atoms with Crippen LogP contribution in [0.25, 0.3) is 0 Å². The second-order valence-electron chi connectivity index (χ2n) is 6.66. The molecule has 5 heteroatoms. The molecule has 1 heterocycles. The summed E-state index contributed by atoms with van der Waals surface area (Å²) in [7, 11) is 0. The summed E-state index contributed by atoms with van der Waals surface area (Å²) in [6.07, 6.45) is 3.97. The Morgan fingerprint density at radius 1 is 1.33 bits per heavy atom. The van der Waals surface area contributed by atoms with Crippen LogP contribution >= 0.6 is 11.8 Å². The second kappa shape index (κ2) is 7.03. The van der Waals surface area contributed by atoms with Crippen molar-refractivity contribution in [1.29, 1.82) is 0 Å². The maximum absolute atomic E-state index is 12.8. The summed E-state index contributed by atoms with van der Waals surface area (Å²) in [6.45, 7) is 8.22. The zero-order chi connectivity index (χ0) is 15.6. The van der Waals surface area contributed by atoms with Crippen molar-refractivity contribution in [1.82, 2.24) is 10.2 Å². The normalized spacial score (nSPS) is 33.7. The molecule has 1 aliphatic carbocycles. The molecule has 1 aliphatic heterocycles. The Kier molecular flexibility index (Phi) is 5.58. The molecule has 4 unspecified atom stereocenters. The Labute approximate surface area is 132 Å². The summed E-state index contributed by atoms with van der Waals surface area (Å²) < 4.78 is 0. The first kappa shape index (κ1) is 16.7. The van der Waals surface area contributed by atoms with Gasteiger partial charge >= 0.3 is 0 Å². The van der Waals surface area contributed by atoms with Crippen molar-refractivity contribution in [3.63, 3.8) is 0 Å². The van der Waals surface area contributed by atoms with Crippen LogP contribution in [-0.4, -0.2) is 45.8 Å². The molecule has 0 aromatic heterocycles. The lowest BCUT2D eigenvalue weighted by Gasteiger charge is -2.41. The van der Waals surface area contributed by atoms with Crippen LogP contribution in [0.2, 0.25) is 0 Å². The Morgan fingerprint density at radius 2 is 2.05 bits per heavy atom. The molecule has 0 radical (unpaired) electrons. The maximum atomic E-state index is 12.8. The van der Waals surface area contributed by atoms with Crippen LogP contribution in [0.1, 0.15) is 53.4 Å². The highest BCUT2D eigenvalue weighted by Gasteiger charge is 2.43. The number of amides is 2. The fourth-order valence-electron chi connectivity index (χ4n) is 3.54. The van der Waals surface area contributed by atoms with E-state index in [1.54, 1.807) is 0 Å². The van der Waals surface area contributed by atoms with Gasteiger partial charge < -0.3 is 10.2 Å². The highest BCUT2D eigenvalue weighted by molar-refractivity contribution is 7.99. The van der Waals surface area contributed by atoms with E-state index in [2.05, 4.69) is 26.1 Å². The lowest BCUT2D eigenvalue weighted by Crippen LogP contribution is -2.64. The molecule has 1 saturated heterocycles. The second-order valence-corrected chi connectivity index (χ2v) is 8.23. The van der Waals surface area contributed by atoms with E-state index < -0.39 is 0 Å². The molecule has 0 bridgehead atoms. The molecule has 0 aromatic rings. The highest BCUT2D eigenvalue weighted by atomic mass is 32.2. The average Bonchev–Trinajstić information content (AvgIpc) is 2.84. The smallest absolute Gasteiger partial charge is 0.246 e. The third-order valence-electron chi connectivity index (χ3n) is 4.53. The van der Waals surface area contributed by atoms with E-state index in [1.807, 2.05) is 23.6 Å². The third-order valence-corrected chi connectivity index (χ3v) is 5.76. The molecule has 4 atom stereocenters. The van der Waals surface area contributed by atoms with Gasteiger partial charge in [0.15, 0.2) is 0 Å². The van der Waals surface area contributed by atoms with Crippen LogP contribution in [0.5, 0.6) is 0 Å². The largest absolute Gasteiger partial charge is 0.343 e. The molecule has 4 nitrogen and oxygen atoms in total. The first-order valence-corrected chi connectivity index (χ1v) is 9.23. The van der Waals surface area contributed by atoms with Gasteiger partial charge in [-0.3, -0.25) is 9.59 Å². The molecule has 1 saturated carbocycles. The number of thioether (sulfide) groups is 1. The van der Waals surface area contributed by atoms with Gasteiger partial charge in [0.05, 0.1) is 0 Å². The van der Waals surface area contributed by atoms with Crippen LogP contribution in [0, 0.1) is 5.92 Å². The Hall–Kier alpha value is -0.710. The van der Waals surface area contributed by atoms with E-state index in [0.29, 0.717) is 11.2 Å². The maximum Gasteiger partial charge on any atom is 0.246 e. The van der Waals surface area contributed by atoms with Gasteiger partial charge in [0.25, 0.3) is 0 Å². The molecule has 2 amide bonds. The molecule has 0 aromatic carbocycles. The van der Waals surface area contributed by atoms with Gasteiger partial charge in [0.1, 0.15) is 12.1 Å². The number of nitrogens with zero attached hydrogens (tertiary/aromatic N) is 1. The van der Waals surface area contributed by atoms with E-state index in [9.17, 15) is 9.59 Å². The van der Waals surface area contributed by atoms with Crippen LogP contribution in [0.3, 0.4) is 0 Å². The third kappa shape index (κ3) is 3.74. The first-order chi connectivity index (χ1) is 9.93. The Balaban J connectivity index is 2.08. The summed E-state index contributed by atoms with van der Waals surface area (Å²) in [5.74, 6) is 1.66. The van der Waals surface area contributed by atoms with E-state index in [-0.39, 0.29) is 29.9 Å². The van der Waals surface area contributed by atoms with Crippen molar-refractivity contribution >= 4 is 23.6 Å². The van der Waals surface area contributed by atoms with E-state index in [1.165, 1.54) is 0 Å². The predicted molar refractivity (Wildman–Crippen MR) is 87.3 cm³/mol. The van der Waals surface area contributed by atoms with Crippen LogP contribution in [0.4, 0.5) is 0 Å². The monoisotopic (exact) mass is 312 g/mol. The summed E-state index contributed by atoms with van der Waals surface area (Å²) in [4.78, 5) is 26.9. The molecule has 1 N–H and O–H groups in total. The average molecular weight is 312 g/mol. The number of rotatable bonds is 5. The van der Waals surface area contributed by atoms with Crippen molar-refractivity contribution in [2.75, 3.05) is 5.75 Å². The summed E-state index contributed by atoms with van der Waals surface area (Å²) in [5, 5.41) is 3.55. The molecule has 21 heavy (non-hydrogen) atoms. The predicted octanol–water partition coefficient (Wildman–Crippen LogP) is 2.42. The number of nitrogens with one attached hydrogen (secondary N) is 1. The zero-order valence-corrected chi connectivity index (χ0v) is 14.4. The van der Waals surface area contributed by atoms with Crippen molar-refractivity contribution in [3.8, 4) is 0 Å². The van der Waals surface area contributed by atoms with Crippen molar-refractivity contribution in [2.24, 2.45) is 5.92 Å². The highest BCUT2D eigenvalue weighted by Crippen LogP contribution is 2.34. The van der Waals surface area contributed by atoms with E-state index in [4.69, 9.17) is 0 Å². The number of carbonyl (C=O) groups is 2. The van der Waals surface area contributed by atoms with Crippen LogP contribution in [0.15, 0.2) is 0 Å². The van der Waals surface area contributed by atoms with Gasteiger partial charge in [-0.2, -0.15) is 11.8 Å². The van der Waals surface area contributed by atoms with Crippen LogP contribution < -0.4 is 5.32 Å². The van der Waals surface area contributed by atoms with Crippen molar-refractivity contribution in [3.05, 3.63) is 0 Å². The molecule has 120 valence electrons. The fraction of sp³-hybridized carbons (Fsp3) is 0.875. The zero-order valence-electron chi connectivity index (χ0n) is 13.6. The molecule has 0 spiro atoms. The number of piperazine rings is 1. The minimum Gasteiger partial charge on any atom is -0.343 e. The topological polar surface area (TPSA) is 49.4 Å². The standard InChI is InChI=1S/C16H28N2O2S/c1-5-21-13-7-6-12(9-13)18-11(4)15(19)17-14(16(18)20)8-10(2)3/h10-14H,5-9H2,1-4H3,(H,17,19). The molecule has 2 aliphatic rings. The first-order valence-electron chi connectivity index (χ1n) is 8.18. The van der Waals surface area contributed by atoms with Crippen molar-refractivity contribution in [2.45, 2.75) is 76.8 Å². The molecular weight excluding hydrogens is 284 g/mol. The van der Waals surface area contributed by atoms with Gasteiger partial charge in [-0.05, 0) is 44.3 Å². The molecule has 2 rings (SSSR count). The number of hydrogen-bond acceptors (Lipinski definition) is 3. The summed E-state index contributed by atoms with van der Waals surface area (Å²) >= 11 is 1.98. The Bertz CT molecular complexity index is 400. The van der Waals surface area contributed by atoms with Gasteiger partial charge in [-0.25, -0.2) is 0 Å². The van der Waals surface area contributed by atoms with Gasteiger partial charge in [0, 0.05) is 11.3 Å². The number of carbonyl (C=O) groups excluding carboxylic acids is 2.